The number of carbonyl (C=O) groups excluding carboxylic acids is 1. The number of fused-ring (bicyclic) bond motifs is 1. The van der Waals surface area contributed by atoms with Crippen LogP contribution in [-0.2, 0) is 17.5 Å². The molecule has 2 saturated heterocycles. The van der Waals surface area contributed by atoms with Crippen LogP contribution in [0.4, 0.5) is 17.6 Å². The van der Waals surface area contributed by atoms with Crippen molar-refractivity contribution in [2.24, 2.45) is 5.92 Å². The van der Waals surface area contributed by atoms with Crippen molar-refractivity contribution in [1.29, 1.82) is 5.26 Å². The second-order valence-electron chi connectivity index (χ2n) is 8.73. The first-order valence-electron chi connectivity index (χ1n) is 11.1. The van der Waals surface area contributed by atoms with Gasteiger partial charge in [-0.05, 0) is 78.2 Å². The van der Waals surface area contributed by atoms with Gasteiger partial charge >= 0.3 is 6.18 Å². The molecular weight excluding hydrogens is 494 g/mol. The van der Waals surface area contributed by atoms with Gasteiger partial charge in [0.2, 0.25) is 11.7 Å². The van der Waals surface area contributed by atoms with Crippen molar-refractivity contribution in [3.05, 3.63) is 77.6 Å². The lowest BCUT2D eigenvalue weighted by Gasteiger charge is -2.24. The standard InChI is InChI=1S/C25H19F4N5OS/c26-19-3-5-21(6-4-19)36-34-20-8-16(9-20)22(34)23(35)31-11-17-7-14(1-2-15(17)10-30)18-12-32-24(33-13-18)25(27,28)29/h1-7,12-13,16,20,22H,8-9,11H2,(H,31,35)/t16?,20?,22-/m0/s1. The molecule has 0 unspecified atom stereocenters. The highest BCUT2D eigenvalue weighted by Gasteiger charge is 2.54. The molecule has 6 rings (SSSR count). The van der Waals surface area contributed by atoms with Crippen molar-refractivity contribution < 1.29 is 22.4 Å². The molecule has 2 aliphatic heterocycles. The number of nitriles is 1. The molecule has 0 spiro atoms. The van der Waals surface area contributed by atoms with Gasteiger partial charge in [0.25, 0.3) is 0 Å². The van der Waals surface area contributed by atoms with Gasteiger partial charge in [-0.2, -0.15) is 18.4 Å². The number of rotatable bonds is 6. The molecule has 1 N–H and O–H groups in total. The fourth-order valence-electron chi connectivity index (χ4n) is 4.55. The van der Waals surface area contributed by atoms with Crippen LogP contribution in [0.15, 0.2) is 59.8 Å². The van der Waals surface area contributed by atoms with Crippen molar-refractivity contribution in [2.75, 3.05) is 0 Å². The molecule has 3 fully saturated rings. The molecule has 36 heavy (non-hydrogen) atoms. The van der Waals surface area contributed by atoms with Crippen LogP contribution in [0.2, 0.25) is 0 Å². The van der Waals surface area contributed by atoms with Gasteiger partial charge in [0.05, 0.1) is 11.6 Å². The summed E-state index contributed by atoms with van der Waals surface area (Å²) in [5, 5.41) is 12.4. The Kier molecular flexibility index (Phi) is 6.40. The van der Waals surface area contributed by atoms with Gasteiger partial charge in [-0.3, -0.25) is 4.79 Å². The summed E-state index contributed by atoms with van der Waals surface area (Å²) >= 11 is 1.44. The smallest absolute Gasteiger partial charge is 0.351 e. The largest absolute Gasteiger partial charge is 0.451 e. The van der Waals surface area contributed by atoms with Crippen molar-refractivity contribution >= 4 is 17.9 Å². The summed E-state index contributed by atoms with van der Waals surface area (Å²) in [6.07, 6.45) is -0.646. The minimum atomic E-state index is -4.64. The van der Waals surface area contributed by atoms with E-state index in [1.165, 1.54) is 24.1 Å². The van der Waals surface area contributed by atoms with Crippen LogP contribution >= 0.6 is 11.9 Å². The van der Waals surface area contributed by atoms with E-state index in [1.54, 1.807) is 30.3 Å². The van der Waals surface area contributed by atoms with Crippen LogP contribution in [0.3, 0.4) is 0 Å². The zero-order valence-corrected chi connectivity index (χ0v) is 19.5. The number of halogens is 4. The summed E-state index contributed by atoms with van der Waals surface area (Å²) in [5.41, 5.74) is 1.77. The quantitative estimate of drug-likeness (QED) is 0.371. The van der Waals surface area contributed by atoms with Crippen LogP contribution < -0.4 is 5.32 Å². The van der Waals surface area contributed by atoms with E-state index in [9.17, 15) is 27.6 Å². The van der Waals surface area contributed by atoms with Gasteiger partial charge in [-0.25, -0.2) is 18.7 Å². The third-order valence-corrected chi connectivity index (χ3v) is 7.66. The molecule has 1 saturated carbocycles. The molecule has 1 aliphatic carbocycles. The molecule has 3 heterocycles. The van der Waals surface area contributed by atoms with Crippen LogP contribution in [0.1, 0.15) is 29.8 Å². The third-order valence-electron chi connectivity index (χ3n) is 6.44. The van der Waals surface area contributed by atoms with Gasteiger partial charge in [-0.1, -0.05) is 6.07 Å². The Morgan fingerprint density at radius 1 is 1.11 bits per heavy atom. The lowest BCUT2D eigenvalue weighted by molar-refractivity contribution is -0.145. The number of amides is 1. The van der Waals surface area contributed by atoms with Gasteiger partial charge in [0.1, 0.15) is 11.9 Å². The number of hydrogen-bond acceptors (Lipinski definition) is 6. The second kappa shape index (κ2) is 9.52. The lowest BCUT2D eigenvalue weighted by Crippen LogP contribution is -2.40. The van der Waals surface area contributed by atoms with Crippen molar-refractivity contribution in [3.63, 3.8) is 0 Å². The zero-order chi connectivity index (χ0) is 25.4. The Morgan fingerprint density at radius 3 is 2.44 bits per heavy atom. The normalized spacial score (nSPS) is 21.0. The number of nitrogens with one attached hydrogen (secondary N) is 1. The van der Waals surface area contributed by atoms with Crippen molar-refractivity contribution in [2.45, 2.75) is 42.5 Å². The minimum absolute atomic E-state index is 0.0833. The number of benzene rings is 2. The topological polar surface area (TPSA) is 81.9 Å². The first kappa shape index (κ1) is 24.2. The maximum absolute atomic E-state index is 13.3. The summed E-state index contributed by atoms with van der Waals surface area (Å²) in [5.74, 6) is -1.49. The SMILES string of the molecule is N#Cc1ccc(-c2cnc(C(F)(F)F)nc2)cc1CNC(=O)[C@@H]1C2CC(C2)N1Sc1ccc(F)cc1. The summed E-state index contributed by atoms with van der Waals surface area (Å²) in [6, 6.07) is 12.9. The Balaban J connectivity index is 1.29. The summed E-state index contributed by atoms with van der Waals surface area (Å²) < 4.78 is 53.6. The van der Waals surface area contributed by atoms with Crippen LogP contribution in [0, 0.1) is 23.1 Å². The summed E-state index contributed by atoms with van der Waals surface area (Å²) in [7, 11) is 0. The predicted octanol–water partition coefficient (Wildman–Crippen LogP) is 4.96. The molecule has 11 heteroatoms. The molecule has 3 aromatic rings. The van der Waals surface area contributed by atoms with E-state index in [1.807, 2.05) is 0 Å². The van der Waals surface area contributed by atoms with E-state index in [4.69, 9.17) is 0 Å². The van der Waals surface area contributed by atoms with E-state index in [0.29, 0.717) is 22.3 Å². The van der Waals surface area contributed by atoms with Crippen LogP contribution in [0.25, 0.3) is 11.1 Å². The van der Waals surface area contributed by atoms with Gasteiger partial charge in [0, 0.05) is 35.4 Å². The van der Waals surface area contributed by atoms with Gasteiger partial charge in [-0.15, -0.1) is 0 Å². The Bertz CT molecular complexity index is 1320. The highest BCUT2D eigenvalue weighted by atomic mass is 32.2. The monoisotopic (exact) mass is 513 g/mol. The van der Waals surface area contributed by atoms with E-state index in [2.05, 4.69) is 25.7 Å². The molecular formula is C25H19F4N5OS. The average Bonchev–Trinajstić information content (AvgIpc) is 3.37. The van der Waals surface area contributed by atoms with Crippen LogP contribution in [-0.4, -0.2) is 32.3 Å². The van der Waals surface area contributed by atoms with E-state index >= 15 is 0 Å². The number of hydrogen-bond donors (Lipinski definition) is 1. The van der Waals surface area contributed by atoms with E-state index < -0.39 is 12.0 Å². The third kappa shape index (κ3) is 4.79. The number of nitrogens with zero attached hydrogens (tertiary/aromatic N) is 4. The maximum atomic E-state index is 13.3. The second-order valence-corrected chi connectivity index (χ2v) is 9.81. The Labute approximate surface area is 208 Å². The van der Waals surface area contributed by atoms with Crippen LogP contribution in [0.5, 0.6) is 0 Å². The zero-order valence-electron chi connectivity index (χ0n) is 18.7. The van der Waals surface area contributed by atoms with E-state index in [-0.39, 0.29) is 36.3 Å². The molecule has 184 valence electrons. The lowest BCUT2D eigenvalue weighted by atomic mass is 9.83. The van der Waals surface area contributed by atoms with Gasteiger partial charge in [0.15, 0.2) is 0 Å². The predicted molar refractivity (Wildman–Crippen MR) is 123 cm³/mol. The van der Waals surface area contributed by atoms with E-state index in [0.717, 1.165) is 30.1 Å². The Morgan fingerprint density at radius 2 is 1.81 bits per heavy atom. The molecule has 2 aromatic carbocycles. The molecule has 6 nitrogen and oxygen atoms in total. The highest BCUT2D eigenvalue weighted by molar-refractivity contribution is 7.97. The minimum Gasteiger partial charge on any atom is -0.351 e. The summed E-state index contributed by atoms with van der Waals surface area (Å²) in [4.78, 5) is 20.8. The molecule has 1 amide bonds. The van der Waals surface area contributed by atoms with Crippen molar-refractivity contribution in [1.82, 2.24) is 19.6 Å². The molecule has 0 radical (unpaired) electrons. The molecule has 1 atom stereocenters. The molecule has 1 aromatic heterocycles. The maximum Gasteiger partial charge on any atom is 0.451 e. The van der Waals surface area contributed by atoms with Gasteiger partial charge < -0.3 is 5.32 Å². The number of carbonyl (C=O) groups is 1. The average molecular weight is 514 g/mol. The number of alkyl halides is 3. The molecule has 3 aliphatic rings. The fraction of sp³-hybridized carbons (Fsp3) is 0.280. The highest BCUT2D eigenvalue weighted by Crippen LogP contribution is 2.50. The molecule has 2 bridgehead atoms. The first-order valence-corrected chi connectivity index (χ1v) is 11.9. The summed E-state index contributed by atoms with van der Waals surface area (Å²) in [6.45, 7) is 0.0833. The fourth-order valence-corrected chi connectivity index (χ4v) is 5.75. The first-order chi connectivity index (χ1) is 17.2. The Hall–Kier alpha value is -3.49. The number of aromatic nitrogens is 2. The van der Waals surface area contributed by atoms with Crippen molar-refractivity contribution in [3.8, 4) is 17.2 Å².